The monoisotopic (exact) mass is 370 g/mol. The van der Waals surface area contributed by atoms with Crippen LogP contribution in [0.1, 0.15) is 26.2 Å². The van der Waals surface area contributed by atoms with Gasteiger partial charge in [-0.1, -0.05) is 18.2 Å². The lowest BCUT2D eigenvalue weighted by atomic mass is 9.91. The SMILES string of the molecule is CC(=O)N1CC(=O)N(c2ccccc2)CC12CCN(C(=O)N1CCCC1)C2. The Labute approximate surface area is 159 Å². The molecule has 4 rings (SSSR count). The third kappa shape index (κ3) is 3.15. The summed E-state index contributed by atoms with van der Waals surface area (Å²) in [7, 11) is 0. The van der Waals surface area contributed by atoms with Crippen molar-refractivity contribution in [3.63, 3.8) is 0 Å². The van der Waals surface area contributed by atoms with Crippen LogP contribution in [0, 0.1) is 0 Å². The molecule has 27 heavy (non-hydrogen) atoms. The Morgan fingerprint density at radius 2 is 1.67 bits per heavy atom. The van der Waals surface area contributed by atoms with Crippen LogP contribution in [-0.4, -0.2) is 77.4 Å². The van der Waals surface area contributed by atoms with E-state index in [1.165, 1.54) is 6.92 Å². The molecule has 144 valence electrons. The lowest BCUT2D eigenvalue weighted by Gasteiger charge is -2.48. The van der Waals surface area contributed by atoms with Crippen LogP contribution in [0.4, 0.5) is 10.5 Å². The molecule has 0 aliphatic carbocycles. The molecule has 0 aromatic heterocycles. The lowest BCUT2D eigenvalue weighted by Crippen LogP contribution is -2.67. The fraction of sp³-hybridized carbons (Fsp3) is 0.550. The molecule has 3 aliphatic heterocycles. The summed E-state index contributed by atoms with van der Waals surface area (Å²) < 4.78 is 0. The summed E-state index contributed by atoms with van der Waals surface area (Å²) in [6.45, 7) is 4.74. The van der Waals surface area contributed by atoms with Crippen molar-refractivity contribution >= 4 is 23.5 Å². The van der Waals surface area contributed by atoms with Crippen molar-refractivity contribution in [2.45, 2.75) is 31.7 Å². The largest absolute Gasteiger partial charge is 0.325 e. The topological polar surface area (TPSA) is 64.2 Å². The Morgan fingerprint density at radius 1 is 0.963 bits per heavy atom. The summed E-state index contributed by atoms with van der Waals surface area (Å²) in [4.78, 5) is 45.1. The molecule has 1 aromatic carbocycles. The highest BCUT2D eigenvalue weighted by atomic mass is 16.2. The number of benzene rings is 1. The molecule has 0 saturated carbocycles. The van der Waals surface area contributed by atoms with E-state index in [9.17, 15) is 14.4 Å². The van der Waals surface area contributed by atoms with Crippen molar-refractivity contribution in [3.05, 3.63) is 30.3 Å². The first-order chi connectivity index (χ1) is 13.0. The zero-order chi connectivity index (χ0) is 19.0. The van der Waals surface area contributed by atoms with Gasteiger partial charge in [-0.2, -0.15) is 0 Å². The van der Waals surface area contributed by atoms with E-state index in [1.807, 2.05) is 40.1 Å². The van der Waals surface area contributed by atoms with Crippen molar-refractivity contribution < 1.29 is 14.4 Å². The molecule has 7 nitrogen and oxygen atoms in total. The Bertz CT molecular complexity index is 747. The third-order valence-electron chi connectivity index (χ3n) is 6.05. The fourth-order valence-corrected chi connectivity index (χ4v) is 4.62. The molecular formula is C20H26N4O3. The van der Waals surface area contributed by atoms with Gasteiger partial charge in [-0.15, -0.1) is 0 Å². The van der Waals surface area contributed by atoms with Gasteiger partial charge in [0.1, 0.15) is 6.54 Å². The van der Waals surface area contributed by atoms with Gasteiger partial charge >= 0.3 is 6.03 Å². The molecule has 3 saturated heterocycles. The summed E-state index contributed by atoms with van der Waals surface area (Å²) in [6.07, 6.45) is 2.81. The standard InChI is InChI=1S/C20H26N4O3/c1-16(25)24-13-18(26)23(17-7-3-2-4-8-17)15-20(24)9-12-22(14-20)19(27)21-10-5-6-11-21/h2-4,7-8H,5-6,9-15H2,1H3. The minimum Gasteiger partial charge on any atom is -0.325 e. The number of piperazine rings is 1. The molecule has 0 bridgehead atoms. The van der Waals surface area contributed by atoms with Crippen molar-refractivity contribution in [3.8, 4) is 0 Å². The van der Waals surface area contributed by atoms with Gasteiger partial charge in [-0.3, -0.25) is 9.59 Å². The van der Waals surface area contributed by atoms with E-state index in [4.69, 9.17) is 0 Å². The van der Waals surface area contributed by atoms with Gasteiger partial charge in [0, 0.05) is 38.8 Å². The summed E-state index contributed by atoms with van der Waals surface area (Å²) >= 11 is 0. The number of hydrogen-bond donors (Lipinski definition) is 0. The maximum absolute atomic E-state index is 12.8. The van der Waals surface area contributed by atoms with Gasteiger partial charge in [0.25, 0.3) is 0 Å². The molecule has 0 N–H and O–H groups in total. The maximum Gasteiger partial charge on any atom is 0.320 e. The Kier molecular flexibility index (Phi) is 4.53. The van der Waals surface area contributed by atoms with Crippen LogP contribution in [0.3, 0.4) is 0 Å². The number of nitrogens with zero attached hydrogens (tertiary/aromatic N) is 4. The zero-order valence-electron chi connectivity index (χ0n) is 15.8. The first-order valence-electron chi connectivity index (χ1n) is 9.68. The molecule has 1 atom stereocenters. The Balaban J connectivity index is 1.59. The summed E-state index contributed by atoms with van der Waals surface area (Å²) in [5.74, 6) is -0.183. The molecule has 1 unspecified atom stereocenters. The molecule has 3 aliphatic rings. The van der Waals surface area contributed by atoms with E-state index in [0.717, 1.165) is 31.6 Å². The average Bonchev–Trinajstić information content (AvgIpc) is 3.34. The predicted octanol–water partition coefficient (Wildman–Crippen LogP) is 1.54. The van der Waals surface area contributed by atoms with Crippen LogP contribution in [-0.2, 0) is 9.59 Å². The smallest absolute Gasteiger partial charge is 0.320 e. The van der Waals surface area contributed by atoms with E-state index < -0.39 is 5.54 Å². The summed E-state index contributed by atoms with van der Waals surface area (Å²) in [5.41, 5.74) is 0.333. The van der Waals surface area contributed by atoms with Crippen LogP contribution in [0.2, 0.25) is 0 Å². The van der Waals surface area contributed by atoms with Gasteiger partial charge < -0.3 is 19.6 Å². The average molecular weight is 370 g/mol. The van der Waals surface area contributed by atoms with Crippen LogP contribution in [0.25, 0.3) is 0 Å². The molecule has 7 heteroatoms. The van der Waals surface area contributed by atoms with E-state index in [2.05, 4.69) is 0 Å². The van der Waals surface area contributed by atoms with Crippen LogP contribution in [0.5, 0.6) is 0 Å². The number of likely N-dealkylation sites (tertiary alicyclic amines) is 2. The molecule has 3 heterocycles. The molecule has 1 spiro atoms. The second-order valence-corrected chi connectivity index (χ2v) is 7.79. The number of anilines is 1. The van der Waals surface area contributed by atoms with Crippen molar-refractivity contribution in [1.29, 1.82) is 0 Å². The fourth-order valence-electron chi connectivity index (χ4n) is 4.62. The second kappa shape index (κ2) is 6.87. The van der Waals surface area contributed by atoms with Crippen molar-refractivity contribution in [1.82, 2.24) is 14.7 Å². The van der Waals surface area contributed by atoms with Crippen LogP contribution < -0.4 is 4.90 Å². The van der Waals surface area contributed by atoms with E-state index in [1.54, 1.807) is 9.80 Å². The minimum absolute atomic E-state index is 0.0654. The molecule has 1 aromatic rings. The summed E-state index contributed by atoms with van der Waals surface area (Å²) in [5, 5.41) is 0. The van der Waals surface area contributed by atoms with Gasteiger partial charge in [0.2, 0.25) is 11.8 Å². The normalized spacial score (nSPS) is 25.6. The Hall–Kier alpha value is -2.57. The quantitative estimate of drug-likeness (QED) is 0.753. The highest BCUT2D eigenvalue weighted by Gasteiger charge is 2.51. The van der Waals surface area contributed by atoms with Crippen LogP contribution in [0.15, 0.2) is 30.3 Å². The highest BCUT2D eigenvalue weighted by molar-refractivity contribution is 5.98. The number of rotatable bonds is 1. The van der Waals surface area contributed by atoms with E-state index in [-0.39, 0.29) is 24.4 Å². The Morgan fingerprint density at radius 3 is 2.33 bits per heavy atom. The molecule has 4 amide bonds. The van der Waals surface area contributed by atoms with Gasteiger partial charge in [0.05, 0.1) is 12.1 Å². The van der Waals surface area contributed by atoms with Gasteiger partial charge in [-0.05, 0) is 31.4 Å². The minimum atomic E-state index is -0.509. The number of hydrogen-bond acceptors (Lipinski definition) is 3. The molecule has 3 fully saturated rings. The van der Waals surface area contributed by atoms with E-state index in [0.29, 0.717) is 26.1 Å². The lowest BCUT2D eigenvalue weighted by molar-refractivity contribution is -0.142. The number of carbonyl (C=O) groups is 3. The van der Waals surface area contributed by atoms with Crippen molar-refractivity contribution in [2.24, 2.45) is 0 Å². The van der Waals surface area contributed by atoms with Gasteiger partial charge in [-0.25, -0.2) is 4.79 Å². The highest BCUT2D eigenvalue weighted by Crippen LogP contribution is 2.35. The zero-order valence-corrected chi connectivity index (χ0v) is 15.8. The number of carbonyl (C=O) groups excluding carboxylic acids is 3. The number of para-hydroxylation sites is 1. The second-order valence-electron chi connectivity index (χ2n) is 7.79. The molecular weight excluding hydrogens is 344 g/mol. The first-order valence-corrected chi connectivity index (χ1v) is 9.68. The maximum atomic E-state index is 12.8. The van der Waals surface area contributed by atoms with E-state index >= 15 is 0 Å². The predicted molar refractivity (Wildman–Crippen MR) is 101 cm³/mol. The van der Waals surface area contributed by atoms with Gasteiger partial charge in [0.15, 0.2) is 0 Å². The van der Waals surface area contributed by atoms with Crippen LogP contribution >= 0.6 is 0 Å². The van der Waals surface area contributed by atoms with Crippen molar-refractivity contribution in [2.75, 3.05) is 44.2 Å². The summed E-state index contributed by atoms with van der Waals surface area (Å²) in [6, 6.07) is 9.63. The molecule has 0 radical (unpaired) electrons. The first kappa shape index (κ1) is 17.8. The number of urea groups is 1. The number of amides is 4. The third-order valence-corrected chi connectivity index (χ3v) is 6.05.